The number of nitrogens with zero attached hydrogens (tertiary/aromatic N) is 2. The molecule has 1 N–H and O–H groups in total. The van der Waals surface area contributed by atoms with E-state index in [9.17, 15) is 8.78 Å². The summed E-state index contributed by atoms with van der Waals surface area (Å²) in [6.07, 6.45) is 0.285. The Morgan fingerprint density at radius 1 is 1.27 bits per heavy atom. The molecule has 0 fully saturated rings. The van der Waals surface area contributed by atoms with Crippen LogP contribution in [0.1, 0.15) is 17.2 Å². The van der Waals surface area contributed by atoms with E-state index in [1.807, 2.05) is 0 Å². The molecule has 0 saturated heterocycles. The monoisotopic (exact) mass is 209 g/mol. The summed E-state index contributed by atoms with van der Waals surface area (Å²) in [5, 5.41) is 7.57. The zero-order valence-corrected chi connectivity index (χ0v) is 8.09. The number of hydrogen-bond donors (Lipinski definition) is 1. The molecule has 0 saturated carbocycles. The minimum Gasteiger partial charge on any atom is -0.329 e. The Balaban J connectivity index is 2.24. The summed E-state index contributed by atoms with van der Waals surface area (Å²) >= 11 is 0. The topological polar surface area (TPSA) is 41.6 Å². The molecule has 0 aliphatic rings. The Morgan fingerprint density at radius 2 is 2.07 bits per heavy atom. The molecule has 0 aliphatic heterocycles. The first kappa shape index (κ1) is 9.76. The molecule has 1 aromatic heterocycles. The molecule has 0 unspecified atom stereocenters. The Hall–Kier alpha value is -1.78. The zero-order valence-electron chi connectivity index (χ0n) is 8.09. The fourth-order valence-corrected chi connectivity index (χ4v) is 1.32. The second-order valence-corrected chi connectivity index (χ2v) is 3.27. The highest BCUT2D eigenvalue weighted by Crippen LogP contribution is 2.12. The van der Waals surface area contributed by atoms with Crippen LogP contribution in [-0.2, 0) is 6.42 Å². The minimum absolute atomic E-state index is 0.285. The first-order valence-corrected chi connectivity index (χ1v) is 4.47. The maximum Gasteiger partial charge on any atom is 0.134 e. The van der Waals surface area contributed by atoms with Crippen molar-refractivity contribution in [3.8, 4) is 0 Å². The molecule has 15 heavy (non-hydrogen) atoms. The van der Waals surface area contributed by atoms with E-state index < -0.39 is 11.6 Å². The Bertz CT molecular complexity index is 479. The summed E-state index contributed by atoms with van der Waals surface area (Å²) < 4.78 is 25.9. The number of aromatic amines is 1. The van der Waals surface area contributed by atoms with Crippen molar-refractivity contribution >= 4 is 0 Å². The maximum absolute atomic E-state index is 13.2. The van der Waals surface area contributed by atoms with E-state index in [-0.39, 0.29) is 6.42 Å². The van der Waals surface area contributed by atoms with Gasteiger partial charge in [-0.2, -0.15) is 0 Å². The largest absolute Gasteiger partial charge is 0.329 e. The lowest BCUT2D eigenvalue weighted by atomic mass is 10.1. The van der Waals surface area contributed by atoms with Crippen LogP contribution in [-0.4, -0.2) is 15.2 Å². The van der Waals surface area contributed by atoms with Gasteiger partial charge in [0, 0.05) is 12.5 Å². The summed E-state index contributed by atoms with van der Waals surface area (Å²) in [5.74, 6) is 0.0968. The molecule has 0 amide bonds. The number of aryl methyl sites for hydroxylation is 1. The first-order valence-electron chi connectivity index (χ1n) is 4.47. The molecule has 0 bridgehead atoms. The van der Waals surface area contributed by atoms with Crippen LogP contribution in [0, 0.1) is 18.6 Å². The Kier molecular flexibility index (Phi) is 2.45. The fourth-order valence-electron chi connectivity index (χ4n) is 1.32. The third-order valence-electron chi connectivity index (χ3n) is 2.02. The predicted octanol–water partition coefficient (Wildman–Crippen LogP) is 1.98. The number of benzene rings is 1. The van der Waals surface area contributed by atoms with Crippen molar-refractivity contribution in [3.63, 3.8) is 0 Å². The molecule has 5 heteroatoms. The van der Waals surface area contributed by atoms with E-state index in [0.29, 0.717) is 17.2 Å². The van der Waals surface area contributed by atoms with Crippen molar-refractivity contribution in [1.29, 1.82) is 0 Å². The molecular weight excluding hydrogens is 200 g/mol. The number of H-pyrrole nitrogens is 1. The van der Waals surface area contributed by atoms with Crippen molar-refractivity contribution in [1.82, 2.24) is 15.2 Å². The molecule has 0 spiro atoms. The second-order valence-electron chi connectivity index (χ2n) is 3.27. The van der Waals surface area contributed by atoms with Crippen LogP contribution in [0.3, 0.4) is 0 Å². The van der Waals surface area contributed by atoms with Gasteiger partial charge in [-0.3, -0.25) is 0 Å². The molecule has 0 radical (unpaired) electrons. The fraction of sp³-hybridized carbons (Fsp3) is 0.200. The lowest BCUT2D eigenvalue weighted by Gasteiger charge is -1.99. The van der Waals surface area contributed by atoms with E-state index >= 15 is 0 Å². The molecule has 3 nitrogen and oxygen atoms in total. The van der Waals surface area contributed by atoms with Crippen LogP contribution in [0.15, 0.2) is 18.2 Å². The number of hydrogen-bond acceptors (Lipinski definition) is 2. The number of rotatable bonds is 2. The summed E-state index contributed by atoms with van der Waals surface area (Å²) in [5.41, 5.74) is 0.396. The van der Waals surface area contributed by atoms with Gasteiger partial charge in [-0.25, -0.2) is 8.78 Å². The van der Waals surface area contributed by atoms with Gasteiger partial charge in [-0.15, -0.1) is 10.2 Å². The Morgan fingerprint density at radius 3 is 2.67 bits per heavy atom. The highest BCUT2D eigenvalue weighted by atomic mass is 19.1. The van der Waals surface area contributed by atoms with Crippen molar-refractivity contribution in [3.05, 3.63) is 47.0 Å². The normalized spacial score (nSPS) is 10.6. The van der Waals surface area contributed by atoms with Gasteiger partial charge in [0.15, 0.2) is 0 Å². The van der Waals surface area contributed by atoms with E-state index in [2.05, 4.69) is 15.2 Å². The highest BCUT2D eigenvalue weighted by Gasteiger charge is 2.07. The quantitative estimate of drug-likeness (QED) is 0.821. The lowest BCUT2D eigenvalue weighted by Crippen LogP contribution is -1.95. The number of halogens is 2. The molecule has 2 aromatic rings. The Labute approximate surface area is 85.2 Å². The van der Waals surface area contributed by atoms with E-state index in [0.717, 1.165) is 6.07 Å². The minimum atomic E-state index is -0.579. The van der Waals surface area contributed by atoms with Crippen molar-refractivity contribution < 1.29 is 8.78 Å². The van der Waals surface area contributed by atoms with Crippen molar-refractivity contribution in [2.24, 2.45) is 0 Å². The third kappa shape index (κ3) is 2.18. The van der Waals surface area contributed by atoms with Gasteiger partial charge < -0.3 is 4.98 Å². The lowest BCUT2D eigenvalue weighted by molar-refractivity contribution is 0.573. The van der Waals surface area contributed by atoms with Crippen LogP contribution < -0.4 is 0 Å². The van der Waals surface area contributed by atoms with Gasteiger partial charge in [-0.05, 0) is 18.6 Å². The first-order chi connectivity index (χ1) is 7.15. The average Bonchev–Trinajstić information content (AvgIpc) is 2.56. The zero-order chi connectivity index (χ0) is 10.8. The van der Waals surface area contributed by atoms with Crippen molar-refractivity contribution in [2.45, 2.75) is 13.3 Å². The standard InChI is InChI=1S/C10H9F2N3/c1-6-13-10(15-14-6)4-7-2-3-8(11)5-9(7)12/h2-3,5H,4H2,1H3,(H,13,14,15). The molecular formula is C10H9F2N3. The van der Waals surface area contributed by atoms with Gasteiger partial charge in [0.05, 0.1) is 0 Å². The summed E-state index contributed by atoms with van der Waals surface area (Å²) in [7, 11) is 0. The van der Waals surface area contributed by atoms with Gasteiger partial charge in [-0.1, -0.05) is 6.07 Å². The van der Waals surface area contributed by atoms with Gasteiger partial charge in [0.2, 0.25) is 0 Å². The van der Waals surface area contributed by atoms with Crippen LogP contribution in [0.2, 0.25) is 0 Å². The molecule has 78 valence electrons. The third-order valence-corrected chi connectivity index (χ3v) is 2.02. The SMILES string of the molecule is Cc1nnc(Cc2ccc(F)cc2F)[nH]1. The van der Waals surface area contributed by atoms with Crippen LogP contribution in [0.4, 0.5) is 8.78 Å². The predicted molar refractivity (Wildman–Crippen MR) is 50.3 cm³/mol. The van der Waals surface area contributed by atoms with Crippen LogP contribution in [0.25, 0.3) is 0 Å². The molecule has 1 heterocycles. The summed E-state index contributed by atoms with van der Waals surface area (Å²) in [4.78, 5) is 2.88. The van der Waals surface area contributed by atoms with Gasteiger partial charge in [0.1, 0.15) is 23.3 Å². The van der Waals surface area contributed by atoms with E-state index in [4.69, 9.17) is 0 Å². The molecule has 0 atom stereocenters. The van der Waals surface area contributed by atoms with Crippen molar-refractivity contribution in [2.75, 3.05) is 0 Å². The molecule has 1 aromatic carbocycles. The second kappa shape index (κ2) is 3.76. The average molecular weight is 209 g/mol. The van der Waals surface area contributed by atoms with E-state index in [1.54, 1.807) is 6.92 Å². The highest BCUT2D eigenvalue weighted by molar-refractivity contribution is 5.21. The summed E-state index contributed by atoms with van der Waals surface area (Å²) in [6, 6.07) is 3.49. The van der Waals surface area contributed by atoms with E-state index in [1.165, 1.54) is 12.1 Å². The number of nitrogens with one attached hydrogen (secondary N) is 1. The van der Waals surface area contributed by atoms with Crippen LogP contribution in [0.5, 0.6) is 0 Å². The maximum atomic E-state index is 13.2. The van der Waals surface area contributed by atoms with Gasteiger partial charge in [0.25, 0.3) is 0 Å². The molecule has 0 aliphatic carbocycles. The van der Waals surface area contributed by atoms with Crippen LogP contribution >= 0.6 is 0 Å². The molecule has 2 rings (SSSR count). The number of aromatic nitrogens is 3. The van der Waals surface area contributed by atoms with Gasteiger partial charge >= 0.3 is 0 Å². The smallest absolute Gasteiger partial charge is 0.134 e. The summed E-state index contributed by atoms with van der Waals surface area (Å²) in [6.45, 7) is 1.76.